The normalized spacial score (nSPS) is 27.1. The number of hydrogen-bond donors (Lipinski definition) is 1. The molecule has 1 heterocycles. The SMILES string of the molecule is CN1CC(C(=O)O)C1C1=Cc2ccccc2CC1. The number of hydrogen-bond acceptors (Lipinski definition) is 2. The summed E-state index contributed by atoms with van der Waals surface area (Å²) in [5, 5.41) is 9.19. The van der Waals surface area contributed by atoms with E-state index in [1.54, 1.807) is 0 Å². The van der Waals surface area contributed by atoms with Crippen LogP contribution in [0.5, 0.6) is 0 Å². The van der Waals surface area contributed by atoms with Crippen LogP contribution >= 0.6 is 0 Å². The Balaban J connectivity index is 1.90. The molecule has 3 nitrogen and oxygen atoms in total. The molecule has 1 aromatic rings. The van der Waals surface area contributed by atoms with Gasteiger partial charge in [-0.05, 0) is 31.0 Å². The van der Waals surface area contributed by atoms with Gasteiger partial charge in [0.1, 0.15) is 0 Å². The second-order valence-corrected chi connectivity index (χ2v) is 5.25. The van der Waals surface area contributed by atoms with E-state index in [0.29, 0.717) is 6.54 Å². The van der Waals surface area contributed by atoms with Gasteiger partial charge < -0.3 is 5.11 Å². The Hall–Kier alpha value is -1.61. The number of nitrogens with zero attached hydrogens (tertiary/aromatic N) is 1. The minimum atomic E-state index is -0.669. The molecule has 1 aromatic carbocycles. The second kappa shape index (κ2) is 4.25. The number of rotatable bonds is 2. The predicted octanol–water partition coefficient (Wildman–Crippen LogP) is 2.03. The molecule has 0 radical (unpaired) electrons. The van der Waals surface area contributed by atoms with Crippen LogP contribution in [0.15, 0.2) is 29.8 Å². The van der Waals surface area contributed by atoms with Crippen molar-refractivity contribution in [1.29, 1.82) is 0 Å². The number of fused-ring (bicyclic) bond motifs is 1. The molecule has 18 heavy (non-hydrogen) atoms. The van der Waals surface area contributed by atoms with Gasteiger partial charge in [0.05, 0.1) is 5.92 Å². The van der Waals surface area contributed by atoms with Crippen molar-refractivity contribution in [2.45, 2.75) is 18.9 Å². The van der Waals surface area contributed by atoms with Crippen molar-refractivity contribution in [3.63, 3.8) is 0 Å². The minimum absolute atomic E-state index is 0.0934. The number of carboxylic acid groups (broad SMARTS) is 1. The van der Waals surface area contributed by atoms with E-state index in [2.05, 4.69) is 29.2 Å². The summed E-state index contributed by atoms with van der Waals surface area (Å²) in [7, 11) is 2.01. The molecule has 1 aliphatic heterocycles. The van der Waals surface area contributed by atoms with Gasteiger partial charge >= 0.3 is 5.97 Å². The third-order valence-electron chi connectivity index (χ3n) is 4.12. The van der Waals surface area contributed by atoms with Gasteiger partial charge in [0.25, 0.3) is 0 Å². The first kappa shape index (κ1) is 11.5. The van der Waals surface area contributed by atoms with Crippen molar-refractivity contribution in [1.82, 2.24) is 4.90 Å². The topological polar surface area (TPSA) is 40.5 Å². The highest BCUT2D eigenvalue weighted by atomic mass is 16.4. The van der Waals surface area contributed by atoms with Gasteiger partial charge in [0.15, 0.2) is 0 Å². The summed E-state index contributed by atoms with van der Waals surface area (Å²) in [4.78, 5) is 13.3. The number of benzene rings is 1. The van der Waals surface area contributed by atoms with Crippen molar-refractivity contribution >= 4 is 12.0 Å². The van der Waals surface area contributed by atoms with Crippen molar-refractivity contribution in [2.75, 3.05) is 13.6 Å². The largest absolute Gasteiger partial charge is 0.481 e. The molecule has 2 aliphatic rings. The smallest absolute Gasteiger partial charge is 0.309 e. The van der Waals surface area contributed by atoms with Crippen LogP contribution in [0.3, 0.4) is 0 Å². The Bertz CT molecular complexity index is 521. The summed E-state index contributed by atoms with van der Waals surface area (Å²) in [5.41, 5.74) is 3.90. The van der Waals surface area contributed by atoms with Crippen LogP contribution in [-0.2, 0) is 11.2 Å². The summed E-state index contributed by atoms with van der Waals surface area (Å²) < 4.78 is 0. The van der Waals surface area contributed by atoms with Crippen LogP contribution in [-0.4, -0.2) is 35.6 Å². The van der Waals surface area contributed by atoms with Crippen molar-refractivity contribution in [3.05, 3.63) is 41.0 Å². The monoisotopic (exact) mass is 243 g/mol. The second-order valence-electron chi connectivity index (χ2n) is 5.25. The Kier molecular flexibility index (Phi) is 2.71. The molecule has 1 saturated heterocycles. The van der Waals surface area contributed by atoms with Crippen LogP contribution < -0.4 is 0 Å². The summed E-state index contributed by atoms with van der Waals surface area (Å²) >= 11 is 0. The molecule has 0 aromatic heterocycles. The molecule has 0 saturated carbocycles. The molecule has 3 heteroatoms. The molecule has 3 rings (SSSR count). The molecule has 1 fully saturated rings. The van der Waals surface area contributed by atoms with Gasteiger partial charge in [-0.3, -0.25) is 9.69 Å². The van der Waals surface area contributed by atoms with E-state index >= 15 is 0 Å². The van der Waals surface area contributed by atoms with Crippen LogP contribution in [0.2, 0.25) is 0 Å². The molecule has 94 valence electrons. The van der Waals surface area contributed by atoms with Gasteiger partial charge in [-0.15, -0.1) is 0 Å². The molecule has 2 unspecified atom stereocenters. The molecule has 1 N–H and O–H groups in total. The zero-order valence-electron chi connectivity index (χ0n) is 10.5. The third-order valence-corrected chi connectivity index (χ3v) is 4.12. The lowest BCUT2D eigenvalue weighted by atomic mass is 9.78. The van der Waals surface area contributed by atoms with Crippen LogP contribution in [0, 0.1) is 5.92 Å². The number of carboxylic acids is 1. The Morgan fingerprint density at radius 1 is 1.33 bits per heavy atom. The Morgan fingerprint density at radius 3 is 2.83 bits per heavy atom. The Labute approximate surface area is 107 Å². The van der Waals surface area contributed by atoms with E-state index in [4.69, 9.17) is 0 Å². The van der Waals surface area contributed by atoms with E-state index in [1.165, 1.54) is 16.7 Å². The van der Waals surface area contributed by atoms with E-state index in [-0.39, 0.29) is 12.0 Å². The lowest BCUT2D eigenvalue weighted by Gasteiger charge is -2.45. The van der Waals surface area contributed by atoms with Gasteiger partial charge in [-0.25, -0.2) is 0 Å². The maximum Gasteiger partial charge on any atom is 0.309 e. The first-order valence-corrected chi connectivity index (χ1v) is 6.38. The molecule has 0 amide bonds. The van der Waals surface area contributed by atoms with Crippen LogP contribution in [0.1, 0.15) is 17.5 Å². The number of likely N-dealkylation sites (N-methyl/N-ethyl adjacent to an activating group) is 1. The molecular weight excluding hydrogens is 226 g/mol. The average Bonchev–Trinajstić information content (AvgIpc) is 2.35. The lowest BCUT2D eigenvalue weighted by molar-refractivity contribution is -0.149. The van der Waals surface area contributed by atoms with Gasteiger partial charge in [-0.2, -0.15) is 0 Å². The van der Waals surface area contributed by atoms with Gasteiger partial charge in [-0.1, -0.05) is 35.9 Å². The maximum atomic E-state index is 11.2. The van der Waals surface area contributed by atoms with Gasteiger partial charge in [0, 0.05) is 12.6 Å². The number of aliphatic carboxylic acids is 1. The highest BCUT2D eigenvalue weighted by molar-refractivity contribution is 5.74. The summed E-state index contributed by atoms with van der Waals surface area (Å²) in [6, 6.07) is 8.46. The predicted molar refractivity (Wildman–Crippen MR) is 70.3 cm³/mol. The highest BCUT2D eigenvalue weighted by Gasteiger charge is 2.43. The Morgan fingerprint density at radius 2 is 2.11 bits per heavy atom. The fraction of sp³-hybridized carbons (Fsp3) is 0.400. The van der Waals surface area contributed by atoms with Crippen molar-refractivity contribution in [2.24, 2.45) is 5.92 Å². The zero-order valence-corrected chi connectivity index (χ0v) is 10.5. The highest BCUT2D eigenvalue weighted by Crippen LogP contribution is 2.35. The maximum absolute atomic E-state index is 11.2. The zero-order chi connectivity index (χ0) is 12.7. The molecule has 0 bridgehead atoms. The van der Waals surface area contributed by atoms with Gasteiger partial charge in [0.2, 0.25) is 0 Å². The number of aryl methyl sites for hydroxylation is 1. The van der Waals surface area contributed by atoms with Crippen molar-refractivity contribution < 1.29 is 9.90 Å². The first-order chi connectivity index (χ1) is 8.66. The van der Waals surface area contributed by atoms with E-state index in [9.17, 15) is 9.90 Å². The molecular formula is C15H17NO2. The fourth-order valence-corrected chi connectivity index (χ4v) is 3.13. The third kappa shape index (κ3) is 1.75. The molecule has 2 atom stereocenters. The van der Waals surface area contributed by atoms with Crippen LogP contribution in [0.4, 0.5) is 0 Å². The van der Waals surface area contributed by atoms with Crippen molar-refractivity contribution in [3.8, 4) is 0 Å². The lowest BCUT2D eigenvalue weighted by Crippen LogP contribution is -2.58. The van der Waals surface area contributed by atoms with E-state index < -0.39 is 5.97 Å². The fourth-order valence-electron chi connectivity index (χ4n) is 3.13. The molecule has 0 spiro atoms. The number of likely N-dealkylation sites (tertiary alicyclic amines) is 1. The number of carbonyl (C=O) groups is 1. The average molecular weight is 243 g/mol. The summed E-state index contributed by atoms with van der Waals surface area (Å²) in [6.45, 7) is 0.666. The van der Waals surface area contributed by atoms with E-state index in [1.807, 2.05) is 13.1 Å². The quantitative estimate of drug-likeness (QED) is 0.864. The van der Waals surface area contributed by atoms with E-state index in [0.717, 1.165) is 12.8 Å². The standard InChI is InChI=1S/C15H17NO2/c1-16-9-13(15(17)18)14(16)12-7-6-10-4-2-3-5-11(10)8-12/h2-5,8,13-14H,6-7,9H2,1H3,(H,17,18). The van der Waals surface area contributed by atoms with Crippen LogP contribution in [0.25, 0.3) is 6.08 Å². The first-order valence-electron chi connectivity index (χ1n) is 6.38. The summed E-state index contributed by atoms with van der Waals surface area (Å²) in [5.74, 6) is -0.899. The molecule has 1 aliphatic carbocycles. The summed E-state index contributed by atoms with van der Waals surface area (Å²) in [6.07, 6.45) is 4.20. The minimum Gasteiger partial charge on any atom is -0.481 e.